The summed E-state index contributed by atoms with van der Waals surface area (Å²) in [4.78, 5) is 34.9. The van der Waals surface area contributed by atoms with Crippen LogP contribution < -0.4 is 10.6 Å². The summed E-state index contributed by atoms with van der Waals surface area (Å²) in [6, 6.07) is 12.9. The van der Waals surface area contributed by atoms with Gasteiger partial charge in [0.2, 0.25) is 11.8 Å². The zero-order chi connectivity index (χ0) is 18.4. The average Bonchev–Trinajstić information content (AvgIpc) is 2.57. The molecular weight excluding hydrogens is 320 g/mol. The van der Waals surface area contributed by atoms with Crippen LogP contribution in [0.2, 0.25) is 0 Å². The van der Waals surface area contributed by atoms with E-state index in [0.717, 1.165) is 16.3 Å². The predicted octanol–water partition coefficient (Wildman–Crippen LogP) is 1.72. The maximum absolute atomic E-state index is 12.3. The lowest BCUT2D eigenvalue weighted by molar-refractivity contribution is -0.138. The van der Waals surface area contributed by atoms with Crippen molar-refractivity contribution in [2.24, 2.45) is 5.92 Å². The summed E-state index contributed by atoms with van der Waals surface area (Å²) in [5.74, 6) is -2.06. The number of carboxylic acid groups (broad SMARTS) is 1. The number of aliphatic carboxylic acids is 1. The first-order chi connectivity index (χ1) is 11.9. The van der Waals surface area contributed by atoms with Crippen molar-refractivity contribution in [2.45, 2.75) is 26.3 Å². The zero-order valence-electron chi connectivity index (χ0n) is 14.3. The van der Waals surface area contributed by atoms with Crippen molar-refractivity contribution in [1.82, 2.24) is 10.6 Å². The Hall–Kier alpha value is -2.89. The first kappa shape index (κ1) is 18.4. The summed E-state index contributed by atoms with van der Waals surface area (Å²) < 4.78 is 0. The van der Waals surface area contributed by atoms with E-state index >= 15 is 0 Å². The van der Waals surface area contributed by atoms with Gasteiger partial charge in [-0.05, 0) is 22.3 Å². The van der Waals surface area contributed by atoms with Gasteiger partial charge in [0, 0.05) is 0 Å². The first-order valence-electron chi connectivity index (χ1n) is 8.13. The molecule has 1 atom stereocenters. The van der Waals surface area contributed by atoms with Crippen molar-refractivity contribution in [2.75, 3.05) is 6.54 Å². The average molecular weight is 342 g/mol. The van der Waals surface area contributed by atoms with Crippen LogP contribution in [0.1, 0.15) is 19.4 Å². The molecule has 3 N–H and O–H groups in total. The Kier molecular flexibility index (Phi) is 6.11. The molecule has 0 aliphatic rings. The van der Waals surface area contributed by atoms with Gasteiger partial charge in [0.1, 0.15) is 12.6 Å². The minimum atomic E-state index is -1.13. The van der Waals surface area contributed by atoms with Crippen LogP contribution >= 0.6 is 0 Å². The molecule has 0 aliphatic carbocycles. The van der Waals surface area contributed by atoms with E-state index in [1.165, 1.54) is 0 Å². The van der Waals surface area contributed by atoms with E-state index in [4.69, 9.17) is 5.11 Å². The smallest absolute Gasteiger partial charge is 0.322 e. The molecule has 2 amide bonds. The summed E-state index contributed by atoms with van der Waals surface area (Å²) in [5.41, 5.74) is 0.852. The second kappa shape index (κ2) is 8.28. The van der Waals surface area contributed by atoms with Crippen LogP contribution in [0.15, 0.2) is 42.5 Å². The second-order valence-corrected chi connectivity index (χ2v) is 6.26. The van der Waals surface area contributed by atoms with Crippen LogP contribution in [0.25, 0.3) is 10.8 Å². The lowest BCUT2D eigenvalue weighted by atomic mass is 10.0. The first-order valence-corrected chi connectivity index (χ1v) is 8.13. The van der Waals surface area contributed by atoms with E-state index in [0.29, 0.717) is 0 Å². The normalized spacial score (nSPS) is 12.0. The van der Waals surface area contributed by atoms with Crippen LogP contribution in [0.5, 0.6) is 0 Å². The molecule has 132 valence electrons. The monoisotopic (exact) mass is 342 g/mol. The Morgan fingerprint density at radius 2 is 1.72 bits per heavy atom. The number of benzene rings is 2. The Morgan fingerprint density at radius 3 is 2.36 bits per heavy atom. The Bertz CT molecular complexity index is 786. The number of amides is 2. The standard InChI is InChI=1S/C19H22N2O4/c1-12(2)18(19(25)20-11-17(23)24)21-16(22)10-13-7-8-14-5-3-4-6-15(14)9-13/h3-9,12,18H,10-11H2,1-2H3,(H,20,25)(H,21,22)(H,23,24). The molecule has 2 rings (SSSR count). The largest absolute Gasteiger partial charge is 0.480 e. The van der Waals surface area contributed by atoms with Crippen molar-refractivity contribution in [1.29, 1.82) is 0 Å². The van der Waals surface area contributed by atoms with E-state index in [2.05, 4.69) is 10.6 Å². The van der Waals surface area contributed by atoms with Gasteiger partial charge in [-0.25, -0.2) is 0 Å². The lowest BCUT2D eigenvalue weighted by Gasteiger charge is -2.21. The number of rotatable bonds is 7. The van der Waals surface area contributed by atoms with Gasteiger partial charge in [-0.15, -0.1) is 0 Å². The quantitative estimate of drug-likeness (QED) is 0.714. The molecule has 2 aromatic rings. The molecule has 6 nitrogen and oxygen atoms in total. The number of hydrogen-bond donors (Lipinski definition) is 3. The highest BCUT2D eigenvalue weighted by atomic mass is 16.4. The van der Waals surface area contributed by atoms with Crippen LogP contribution in [-0.2, 0) is 20.8 Å². The summed E-state index contributed by atoms with van der Waals surface area (Å²) in [6.45, 7) is 3.12. The van der Waals surface area contributed by atoms with E-state index < -0.39 is 24.5 Å². The fourth-order valence-corrected chi connectivity index (χ4v) is 2.57. The topological polar surface area (TPSA) is 95.5 Å². The molecule has 0 saturated carbocycles. The van der Waals surface area contributed by atoms with E-state index in [-0.39, 0.29) is 18.2 Å². The van der Waals surface area contributed by atoms with E-state index in [9.17, 15) is 14.4 Å². The minimum Gasteiger partial charge on any atom is -0.480 e. The summed E-state index contributed by atoms with van der Waals surface area (Å²) in [5, 5.41) is 15.8. The fourth-order valence-electron chi connectivity index (χ4n) is 2.57. The van der Waals surface area contributed by atoms with Gasteiger partial charge in [-0.1, -0.05) is 56.3 Å². The SMILES string of the molecule is CC(C)C(NC(=O)Cc1ccc2ccccc2c1)C(=O)NCC(=O)O. The number of carbonyl (C=O) groups excluding carboxylic acids is 2. The Balaban J connectivity index is 2.02. The highest BCUT2D eigenvalue weighted by Gasteiger charge is 2.24. The summed E-state index contributed by atoms with van der Waals surface area (Å²) >= 11 is 0. The van der Waals surface area contributed by atoms with Gasteiger partial charge in [-0.2, -0.15) is 0 Å². The lowest BCUT2D eigenvalue weighted by Crippen LogP contribution is -2.51. The minimum absolute atomic E-state index is 0.153. The molecule has 0 aliphatic heterocycles. The zero-order valence-corrected chi connectivity index (χ0v) is 14.3. The third-order valence-corrected chi connectivity index (χ3v) is 3.86. The maximum Gasteiger partial charge on any atom is 0.322 e. The van der Waals surface area contributed by atoms with Gasteiger partial charge in [0.25, 0.3) is 0 Å². The molecule has 0 spiro atoms. The summed E-state index contributed by atoms with van der Waals surface area (Å²) in [6.07, 6.45) is 0.153. The second-order valence-electron chi connectivity index (χ2n) is 6.26. The predicted molar refractivity (Wildman–Crippen MR) is 95.1 cm³/mol. The summed E-state index contributed by atoms with van der Waals surface area (Å²) in [7, 11) is 0. The van der Waals surface area contributed by atoms with Crippen LogP contribution in [0.4, 0.5) is 0 Å². The molecule has 25 heavy (non-hydrogen) atoms. The van der Waals surface area contributed by atoms with Gasteiger partial charge >= 0.3 is 5.97 Å². The van der Waals surface area contributed by atoms with Gasteiger partial charge in [0.05, 0.1) is 6.42 Å². The molecule has 1 unspecified atom stereocenters. The molecule has 0 saturated heterocycles. The molecule has 0 aromatic heterocycles. The van der Waals surface area contributed by atoms with Crippen molar-refractivity contribution in [3.8, 4) is 0 Å². The Labute approximate surface area is 146 Å². The van der Waals surface area contributed by atoms with Gasteiger partial charge in [0.15, 0.2) is 0 Å². The van der Waals surface area contributed by atoms with Crippen molar-refractivity contribution in [3.63, 3.8) is 0 Å². The number of carboxylic acids is 1. The van der Waals surface area contributed by atoms with Crippen molar-refractivity contribution >= 4 is 28.6 Å². The number of hydrogen-bond acceptors (Lipinski definition) is 3. The molecule has 0 radical (unpaired) electrons. The van der Waals surface area contributed by atoms with Crippen LogP contribution in [-0.4, -0.2) is 35.5 Å². The van der Waals surface area contributed by atoms with Crippen molar-refractivity contribution in [3.05, 3.63) is 48.0 Å². The van der Waals surface area contributed by atoms with Crippen molar-refractivity contribution < 1.29 is 19.5 Å². The molecule has 0 fully saturated rings. The van der Waals surface area contributed by atoms with Crippen LogP contribution in [0, 0.1) is 5.92 Å². The Morgan fingerprint density at radius 1 is 1.04 bits per heavy atom. The molecular formula is C19H22N2O4. The maximum atomic E-state index is 12.3. The number of carbonyl (C=O) groups is 3. The fraction of sp³-hybridized carbons (Fsp3) is 0.316. The van der Waals surface area contributed by atoms with Gasteiger partial charge in [-0.3, -0.25) is 14.4 Å². The molecule has 2 aromatic carbocycles. The number of nitrogens with one attached hydrogen (secondary N) is 2. The number of fused-ring (bicyclic) bond motifs is 1. The molecule has 0 heterocycles. The van der Waals surface area contributed by atoms with E-state index in [1.807, 2.05) is 42.5 Å². The highest BCUT2D eigenvalue weighted by Crippen LogP contribution is 2.16. The van der Waals surface area contributed by atoms with Gasteiger partial charge < -0.3 is 15.7 Å². The van der Waals surface area contributed by atoms with Crippen LogP contribution in [0.3, 0.4) is 0 Å². The third-order valence-electron chi connectivity index (χ3n) is 3.86. The highest BCUT2D eigenvalue weighted by molar-refractivity contribution is 5.91. The molecule has 0 bridgehead atoms. The molecule has 6 heteroatoms. The third kappa shape index (κ3) is 5.31. The van der Waals surface area contributed by atoms with E-state index in [1.54, 1.807) is 13.8 Å².